The number of halogens is 1. The standard InChI is InChI=1S/C18H38FNO2S/c1-3-5-6-7-8-9-10-11-12-14-17-23(21,22)18-15-13-16-20(19)4-2/h3-18H2,1-2H3. The molecule has 140 valence electrons. The Balaban J connectivity index is 3.42. The molecular weight excluding hydrogens is 313 g/mol. The van der Waals surface area contributed by atoms with E-state index in [1.807, 2.05) is 0 Å². The minimum absolute atomic E-state index is 0.210. The summed E-state index contributed by atoms with van der Waals surface area (Å²) in [5.74, 6) is 0.512. The molecule has 0 amide bonds. The van der Waals surface area contributed by atoms with Crippen LogP contribution in [0.3, 0.4) is 0 Å². The van der Waals surface area contributed by atoms with Crippen molar-refractivity contribution in [2.24, 2.45) is 0 Å². The molecule has 0 aliphatic carbocycles. The summed E-state index contributed by atoms with van der Waals surface area (Å²) in [5.41, 5.74) is 0. The molecule has 23 heavy (non-hydrogen) atoms. The predicted molar refractivity (Wildman–Crippen MR) is 98.1 cm³/mol. The summed E-state index contributed by atoms with van der Waals surface area (Å²) in [6.07, 6.45) is 13.3. The molecule has 0 aromatic heterocycles. The summed E-state index contributed by atoms with van der Waals surface area (Å²) in [5, 5.41) is 0.731. The van der Waals surface area contributed by atoms with Gasteiger partial charge in [0.2, 0.25) is 0 Å². The van der Waals surface area contributed by atoms with Crippen LogP contribution in [-0.4, -0.2) is 38.1 Å². The fraction of sp³-hybridized carbons (Fsp3) is 1.00. The summed E-state index contributed by atoms with van der Waals surface area (Å²) in [6, 6.07) is 0. The third-order valence-electron chi connectivity index (χ3n) is 4.26. The Morgan fingerprint density at radius 3 is 1.61 bits per heavy atom. The molecular formula is C18H38FNO2S. The van der Waals surface area contributed by atoms with Gasteiger partial charge < -0.3 is 0 Å². The van der Waals surface area contributed by atoms with E-state index in [0.29, 0.717) is 31.7 Å². The number of nitrogens with zero attached hydrogens (tertiary/aromatic N) is 1. The molecule has 0 N–H and O–H groups in total. The van der Waals surface area contributed by atoms with E-state index in [-0.39, 0.29) is 5.75 Å². The van der Waals surface area contributed by atoms with E-state index in [1.165, 1.54) is 44.9 Å². The van der Waals surface area contributed by atoms with Crippen LogP contribution in [0.15, 0.2) is 0 Å². The van der Waals surface area contributed by atoms with Crippen molar-refractivity contribution >= 4 is 9.84 Å². The zero-order valence-electron chi connectivity index (χ0n) is 15.4. The minimum Gasteiger partial charge on any atom is -0.229 e. The second kappa shape index (κ2) is 15.4. The Morgan fingerprint density at radius 1 is 0.696 bits per heavy atom. The fourth-order valence-corrected chi connectivity index (χ4v) is 4.17. The zero-order valence-corrected chi connectivity index (χ0v) is 16.2. The number of hydrogen-bond acceptors (Lipinski definition) is 3. The van der Waals surface area contributed by atoms with E-state index in [4.69, 9.17) is 0 Å². The quantitative estimate of drug-likeness (QED) is 0.263. The number of unbranched alkanes of at least 4 members (excludes halogenated alkanes) is 10. The SMILES string of the molecule is CCCCCCCCCCCCS(=O)(=O)CCCCN(F)CC. The topological polar surface area (TPSA) is 37.4 Å². The van der Waals surface area contributed by atoms with Crippen LogP contribution in [0.1, 0.15) is 90.9 Å². The smallest absolute Gasteiger partial charge is 0.150 e. The van der Waals surface area contributed by atoms with Gasteiger partial charge in [0.1, 0.15) is 9.84 Å². The normalized spacial score (nSPS) is 12.2. The van der Waals surface area contributed by atoms with Crippen molar-refractivity contribution in [3.05, 3.63) is 0 Å². The van der Waals surface area contributed by atoms with Gasteiger partial charge in [-0.05, 0) is 26.2 Å². The highest BCUT2D eigenvalue weighted by molar-refractivity contribution is 7.91. The lowest BCUT2D eigenvalue weighted by Crippen LogP contribution is -2.16. The molecule has 0 heterocycles. The summed E-state index contributed by atoms with van der Waals surface area (Å²) >= 11 is 0. The van der Waals surface area contributed by atoms with Gasteiger partial charge >= 0.3 is 0 Å². The molecule has 0 aromatic carbocycles. The summed E-state index contributed by atoms with van der Waals surface area (Å²) in [7, 11) is -2.93. The molecule has 0 aliphatic heterocycles. The van der Waals surface area contributed by atoms with Gasteiger partial charge in [-0.3, -0.25) is 0 Å². The van der Waals surface area contributed by atoms with Crippen molar-refractivity contribution in [2.75, 3.05) is 24.6 Å². The van der Waals surface area contributed by atoms with Crippen LogP contribution in [0.5, 0.6) is 0 Å². The van der Waals surface area contributed by atoms with E-state index >= 15 is 0 Å². The van der Waals surface area contributed by atoms with Crippen molar-refractivity contribution in [3.8, 4) is 0 Å². The van der Waals surface area contributed by atoms with Crippen molar-refractivity contribution in [1.29, 1.82) is 0 Å². The van der Waals surface area contributed by atoms with Crippen LogP contribution in [-0.2, 0) is 9.84 Å². The van der Waals surface area contributed by atoms with Crippen molar-refractivity contribution in [2.45, 2.75) is 90.9 Å². The zero-order chi connectivity index (χ0) is 17.4. The largest absolute Gasteiger partial charge is 0.229 e. The maximum atomic E-state index is 12.9. The molecule has 0 saturated heterocycles. The minimum atomic E-state index is -2.93. The first-order chi connectivity index (χ1) is 11.0. The molecule has 0 unspecified atom stereocenters. The maximum Gasteiger partial charge on any atom is 0.150 e. The predicted octanol–water partition coefficient (Wildman–Crippen LogP) is 5.31. The Morgan fingerprint density at radius 2 is 1.13 bits per heavy atom. The van der Waals surface area contributed by atoms with E-state index in [0.717, 1.165) is 24.4 Å². The van der Waals surface area contributed by atoms with Crippen LogP contribution in [0, 0.1) is 0 Å². The van der Waals surface area contributed by atoms with E-state index in [9.17, 15) is 12.9 Å². The molecule has 3 nitrogen and oxygen atoms in total. The van der Waals surface area contributed by atoms with E-state index in [2.05, 4.69) is 6.92 Å². The third kappa shape index (κ3) is 16.5. The second-order valence-electron chi connectivity index (χ2n) is 6.54. The molecule has 0 aliphatic rings. The maximum absolute atomic E-state index is 12.9. The van der Waals surface area contributed by atoms with Crippen LogP contribution >= 0.6 is 0 Å². The molecule has 0 atom stereocenters. The van der Waals surface area contributed by atoms with Gasteiger partial charge in [0.05, 0.1) is 11.5 Å². The molecule has 0 spiro atoms. The van der Waals surface area contributed by atoms with Gasteiger partial charge in [-0.15, -0.1) is 9.60 Å². The molecule has 0 radical (unpaired) electrons. The highest BCUT2D eigenvalue weighted by Gasteiger charge is 2.10. The second-order valence-corrected chi connectivity index (χ2v) is 8.85. The Hall–Kier alpha value is -0.160. The molecule has 0 saturated carbocycles. The Labute approximate surface area is 143 Å². The molecule has 0 rings (SSSR count). The van der Waals surface area contributed by atoms with Crippen LogP contribution in [0.25, 0.3) is 0 Å². The molecule has 5 heteroatoms. The number of hydrogen-bond donors (Lipinski definition) is 0. The molecule has 0 fully saturated rings. The van der Waals surface area contributed by atoms with E-state index in [1.54, 1.807) is 6.92 Å². The fourth-order valence-electron chi connectivity index (χ4n) is 2.67. The highest BCUT2D eigenvalue weighted by atomic mass is 32.2. The first-order valence-corrected chi connectivity index (χ1v) is 11.4. The highest BCUT2D eigenvalue weighted by Crippen LogP contribution is 2.11. The van der Waals surface area contributed by atoms with Gasteiger partial charge in [-0.1, -0.05) is 64.7 Å². The van der Waals surface area contributed by atoms with Crippen LogP contribution in [0.4, 0.5) is 4.48 Å². The first kappa shape index (κ1) is 22.8. The molecule has 0 aromatic rings. The van der Waals surface area contributed by atoms with Gasteiger partial charge in [0, 0.05) is 13.1 Å². The Bertz CT molecular complexity index is 347. The third-order valence-corrected chi connectivity index (χ3v) is 6.08. The van der Waals surface area contributed by atoms with Gasteiger partial charge in [-0.2, -0.15) is 0 Å². The number of rotatable bonds is 17. The van der Waals surface area contributed by atoms with Gasteiger partial charge in [-0.25, -0.2) is 8.42 Å². The van der Waals surface area contributed by atoms with Crippen molar-refractivity contribution in [3.63, 3.8) is 0 Å². The molecule has 0 bridgehead atoms. The average Bonchev–Trinajstić information content (AvgIpc) is 2.53. The van der Waals surface area contributed by atoms with Crippen LogP contribution in [0.2, 0.25) is 0 Å². The van der Waals surface area contributed by atoms with Gasteiger partial charge in [0.25, 0.3) is 0 Å². The van der Waals surface area contributed by atoms with Gasteiger partial charge in [0.15, 0.2) is 0 Å². The lowest BCUT2D eigenvalue weighted by Gasteiger charge is -2.08. The van der Waals surface area contributed by atoms with Crippen molar-refractivity contribution < 1.29 is 12.9 Å². The van der Waals surface area contributed by atoms with Crippen molar-refractivity contribution in [1.82, 2.24) is 5.12 Å². The Kier molecular flexibility index (Phi) is 15.3. The summed E-state index contributed by atoms with van der Waals surface area (Å²) in [6.45, 7) is 4.69. The van der Waals surface area contributed by atoms with Crippen LogP contribution < -0.4 is 0 Å². The monoisotopic (exact) mass is 351 g/mol. The van der Waals surface area contributed by atoms with E-state index < -0.39 is 9.84 Å². The lowest BCUT2D eigenvalue weighted by atomic mass is 10.1. The lowest BCUT2D eigenvalue weighted by molar-refractivity contribution is 0.0307. The number of sulfone groups is 1. The average molecular weight is 352 g/mol. The first-order valence-electron chi connectivity index (χ1n) is 9.63. The summed E-state index contributed by atoms with van der Waals surface area (Å²) < 4.78 is 36.6. The summed E-state index contributed by atoms with van der Waals surface area (Å²) in [4.78, 5) is 0.